The maximum Gasteiger partial charge on any atom is 0.332 e. The molecule has 1 amide bonds. The van der Waals surface area contributed by atoms with Crippen molar-refractivity contribution in [3.05, 3.63) is 38.7 Å². The lowest BCUT2D eigenvalue weighted by Gasteiger charge is -2.28. The van der Waals surface area contributed by atoms with Gasteiger partial charge >= 0.3 is 5.69 Å². The second kappa shape index (κ2) is 6.44. The molecule has 2 fully saturated rings. The zero-order valence-corrected chi connectivity index (χ0v) is 15.5. The molecule has 0 radical (unpaired) electrons. The summed E-state index contributed by atoms with van der Waals surface area (Å²) in [5.41, 5.74) is -0.528. The van der Waals surface area contributed by atoms with Crippen LogP contribution in [0.25, 0.3) is 11.0 Å². The first-order valence-corrected chi connectivity index (χ1v) is 9.30. The molecule has 0 bridgehead atoms. The lowest BCUT2D eigenvalue weighted by Crippen LogP contribution is -2.42. The van der Waals surface area contributed by atoms with Crippen molar-refractivity contribution in [2.75, 3.05) is 6.54 Å². The minimum Gasteiger partial charge on any atom is -0.334 e. The van der Waals surface area contributed by atoms with Gasteiger partial charge in [-0.2, -0.15) is 0 Å². The number of amides is 1. The zero-order valence-electron chi connectivity index (χ0n) is 15.5. The van der Waals surface area contributed by atoms with Crippen molar-refractivity contribution in [1.29, 1.82) is 0 Å². The number of rotatable bonds is 2. The molecule has 142 valence electrons. The summed E-state index contributed by atoms with van der Waals surface area (Å²) in [6, 6.07) is 3.00. The van der Waals surface area contributed by atoms with E-state index in [0.29, 0.717) is 18.4 Å². The summed E-state index contributed by atoms with van der Waals surface area (Å²) >= 11 is 0. The fourth-order valence-electron chi connectivity index (χ4n) is 4.43. The molecule has 2 aromatic rings. The van der Waals surface area contributed by atoms with Gasteiger partial charge in [0, 0.05) is 39.0 Å². The minimum atomic E-state index is -0.486. The maximum absolute atomic E-state index is 13.1. The molecule has 3 heterocycles. The largest absolute Gasteiger partial charge is 0.334 e. The molecule has 2 atom stereocenters. The number of fused-ring (bicyclic) bond motifs is 1. The van der Waals surface area contributed by atoms with Crippen molar-refractivity contribution in [2.45, 2.75) is 38.1 Å². The molecule has 8 heteroatoms. The third kappa shape index (κ3) is 2.70. The van der Waals surface area contributed by atoms with Gasteiger partial charge in [-0.25, -0.2) is 9.78 Å². The zero-order chi connectivity index (χ0) is 19.3. The van der Waals surface area contributed by atoms with Crippen molar-refractivity contribution in [1.82, 2.24) is 19.0 Å². The molecule has 1 aliphatic heterocycles. The Morgan fingerprint density at radius 1 is 1.07 bits per heavy atom. The van der Waals surface area contributed by atoms with Crippen molar-refractivity contribution >= 4 is 22.7 Å². The number of ketones is 1. The molecule has 2 aromatic heterocycles. The van der Waals surface area contributed by atoms with Crippen LogP contribution in [0.15, 0.2) is 21.7 Å². The highest BCUT2D eigenvalue weighted by atomic mass is 16.2. The highest BCUT2D eigenvalue weighted by Crippen LogP contribution is 2.34. The van der Waals surface area contributed by atoms with E-state index in [2.05, 4.69) is 4.98 Å². The second-order valence-electron chi connectivity index (χ2n) is 7.45. The highest BCUT2D eigenvalue weighted by Gasteiger charge is 2.40. The quantitative estimate of drug-likeness (QED) is 0.772. The van der Waals surface area contributed by atoms with Gasteiger partial charge in [0.2, 0.25) is 0 Å². The predicted octanol–water partition coefficient (Wildman–Crippen LogP) is 0.606. The maximum atomic E-state index is 13.1. The Labute approximate surface area is 155 Å². The van der Waals surface area contributed by atoms with Gasteiger partial charge in [0.25, 0.3) is 11.5 Å². The first kappa shape index (κ1) is 17.6. The highest BCUT2D eigenvalue weighted by molar-refractivity contribution is 5.95. The summed E-state index contributed by atoms with van der Waals surface area (Å²) in [7, 11) is 2.94. The van der Waals surface area contributed by atoms with Crippen LogP contribution in [-0.4, -0.2) is 43.3 Å². The van der Waals surface area contributed by atoms with Crippen LogP contribution < -0.4 is 11.2 Å². The molecule has 1 saturated heterocycles. The van der Waals surface area contributed by atoms with Crippen LogP contribution in [0.5, 0.6) is 0 Å². The molecule has 1 aliphatic carbocycles. The summed E-state index contributed by atoms with van der Waals surface area (Å²) in [6.45, 7) is 0.600. The number of Topliss-reactive ketones (excluding diaryl/α,β-unsaturated/α-hetero) is 1. The van der Waals surface area contributed by atoms with Gasteiger partial charge in [-0.3, -0.25) is 23.5 Å². The van der Waals surface area contributed by atoms with E-state index in [-0.39, 0.29) is 35.0 Å². The van der Waals surface area contributed by atoms with E-state index in [9.17, 15) is 19.2 Å². The minimum absolute atomic E-state index is 0.0718. The average molecular weight is 370 g/mol. The van der Waals surface area contributed by atoms with Crippen LogP contribution in [0.1, 0.15) is 42.6 Å². The molecule has 8 nitrogen and oxygen atoms in total. The van der Waals surface area contributed by atoms with Gasteiger partial charge in [0.1, 0.15) is 17.1 Å². The third-order valence-corrected chi connectivity index (χ3v) is 5.90. The van der Waals surface area contributed by atoms with Crippen molar-refractivity contribution in [3.63, 3.8) is 0 Å². The summed E-state index contributed by atoms with van der Waals surface area (Å²) in [5, 5.41) is 0.292. The standard InChI is InChI=1S/C19H22N4O4/c1-21-16-12(17(25)22(2)19(21)27)8-9-13(20-16)18(26)23-10-4-6-14(23)11-5-3-7-15(11)24/h8-9,11,14H,3-7,10H2,1-2H3/t11-,14+/m1/s1. The molecule has 27 heavy (non-hydrogen) atoms. The first-order chi connectivity index (χ1) is 12.9. The van der Waals surface area contributed by atoms with E-state index in [0.717, 1.165) is 30.3 Å². The van der Waals surface area contributed by atoms with Crippen LogP contribution in [0.4, 0.5) is 0 Å². The Bertz CT molecular complexity index is 1070. The fourth-order valence-corrected chi connectivity index (χ4v) is 4.43. The molecule has 0 spiro atoms. The predicted molar refractivity (Wildman–Crippen MR) is 98.6 cm³/mol. The number of pyridine rings is 1. The lowest BCUT2D eigenvalue weighted by molar-refractivity contribution is -0.121. The van der Waals surface area contributed by atoms with E-state index in [1.54, 1.807) is 11.0 Å². The molecule has 0 unspecified atom stereocenters. The van der Waals surface area contributed by atoms with Gasteiger partial charge in [0.05, 0.1) is 5.39 Å². The van der Waals surface area contributed by atoms with Gasteiger partial charge in [-0.05, 0) is 37.8 Å². The monoisotopic (exact) mass is 370 g/mol. The molecule has 2 aliphatic rings. The third-order valence-electron chi connectivity index (χ3n) is 5.90. The second-order valence-corrected chi connectivity index (χ2v) is 7.45. The molecule has 1 saturated carbocycles. The van der Waals surface area contributed by atoms with Gasteiger partial charge in [-0.15, -0.1) is 0 Å². The summed E-state index contributed by atoms with van der Waals surface area (Å²) in [4.78, 5) is 55.8. The van der Waals surface area contributed by atoms with Gasteiger partial charge in [0.15, 0.2) is 0 Å². The molecular weight excluding hydrogens is 348 g/mol. The molecule has 0 N–H and O–H groups in total. The summed E-state index contributed by atoms with van der Waals surface area (Å²) in [5.74, 6) is -0.0714. The van der Waals surface area contributed by atoms with Crippen LogP contribution in [0.2, 0.25) is 0 Å². The van der Waals surface area contributed by atoms with Crippen molar-refractivity contribution < 1.29 is 9.59 Å². The van der Waals surface area contributed by atoms with Crippen LogP contribution in [0.3, 0.4) is 0 Å². The Balaban J connectivity index is 1.73. The summed E-state index contributed by atoms with van der Waals surface area (Å²) < 4.78 is 2.29. The number of hydrogen-bond donors (Lipinski definition) is 0. The van der Waals surface area contributed by atoms with E-state index >= 15 is 0 Å². The molecule has 0 aromatic carbocycles. The number of carbonyl (C=O) groups excluding carboxylic acids is 2. The normalized spacial score (nSPS) is 22.7. The van der Waals surface area contributed by atoms with Gasteiger partial charge < -0.3 is 4.90 Å². The number of hydrogen-bond acceptors (Lipinski definition) is 5. The van der Waals surface area contributed by atoms with Crippen LogP contribution >= 0.6 is 0 Å². The molecular formula is C19H22N4O4. The number of aryl methyl sites for hydroxylation is 1. The smallest absolute Gasteiger partial charge is 0.332 e. The molecule has 4 rings (SSSR count). The topological polar surface area (TPSA) is 94.3 Å². The van der Waals surface area contributed by atoms with Crippen LogP contribution in [0, 0.1) is 5.92 Å². The van der Waals surface area contributed by atoms with E-state index in [1.165, 1.54) is 24.7 Å². The fraction of sp³-hybridized carbons (Fsp3) is 0.526. The Morgan fingerprint density at radius 2 is 1.85 bits per heavy atom. The van der Waals surface area contributed by atoms with Crippen molar-refractivity contribution in [2.24, 2.45) is 20.0 Å². The number of aromatic nitrogens is 3. The van der Waals surface area contributed by atoms with Crippen LogP contribution in [-0.2, 0) is 18.9 Å². The average Bonchev–Trinajstić information content (AvgIpc) is 3.32. The lowest BCUT2D eigenvalue weighted by atomic mass is 9.95. The van der Waals surface area contributed by atoms with E-state index in [4.69, 9.17) is 0 Å². The number of nitrogens with zero attached hydrogens (tertiary/aromatic N) is 4. The van der Waals surface area contributed by atoms with Crippen molar-refractivity contribution in [3.8, 4) is 0 Å². The first-order valence-electron chi connectivity index (χ1n) is 9.30. The summed E-state index contributed by atoms with van der Waals surface area (Å²) in [6.07, 6.45) is 4.02. The Hall–Kier alpha value is -2.77. The Kier molecular flexibility index (Phi) is 4.20. The number of likely N-dealkylation sites (tertiary alicyclic amines) is 1. The number of carbonyl (C=O) groups is 2. The van der Waals surface area contributed by atoms with E-state index in [1.807, 2.05) is 0 Å². The van der Waals surface area contributed by atoms with E-state index < -0.39 is 11.2 Å². The Morgan fingerprint density at radius 3 is 2.56 bits per heavy atom. The van der Waals surface area contributed by atoms with Gasteiger partial charge in [-0.1, -0.05) is 0 Å². The SMILES string of the molecule is Cn1c(=O)c2ccc(C(=O)N3CCC[C@H]3[C@H]3CCCC3=O)nc2n(C)c1=O.